The average molecular weight is 206 g/mol. The second kappa shape index (κ2) is 9.00. The van der Waals surface area contributed by atoms with Gasteiger partial charge in [-0.15, -0.1) is 0 Å². The van der Waals surface area contributed by atoms with Crippen LogP contribution in [-0.2, 0) is 16.0 Å². The first-order chi connectivity index (χ1) is 7.24. The lowest BCUT2D eigenvalue weighted by Crippen LogP contribution is -1.97. The molecular formula is C13H18O2. The molecule has 0 aliphatic rings. The molecule has 0 heterocycles. The molecule has 0 fully saturated rings. The summed E-state index contributed by atoms with van der Waals surface area (Å²) < 4.78 is 4.43. The number of carbonyl (C=O) groups excluding carboxylic acids is 1. The van der Waals surface area contributed by atoms with Gasteiger partial charge < -0.3 is 4.74 Å². The van der Waals surface area contributed by atoms with Crippen LogP contribution in [0.25, 0.3) is 0 Å². The summed E-state index contributed by atoms with van der Waals surface area (Å²) in [7, 11) is 0. The van der Waals surface area contributed by atoms with Crippen LogP contribution < -0.4 is 0 Å². The summed E-state index contributed by atoms with van der Waals surface area (Å²) in [5.74, 6) is -0.359. The van der Waals surface area contributed by atoms with E-state index in [9.17, 15) is 4.79 Å². The van der Waals surface area contributed by atoms with Crippen molar-refractivity contribution < 1.29 is 9.53 Å². The zero-order valence-corrected chi connectivity index (χ0v) is 9.40. The molecule has 0 N–H and O–H groups in total. The van der Waals surface area contributed by atoms with Crippen LogP contribution in [0.5, 0.6) is 0 Å². The van der Waals surface area contributed by atoms with E-state index < -0.39 is 0 Å². The highest BCUT2D eigenvalue weighted by atomic mass is 16.5. The fourth-order valence-electron chi connectivity index (χ4n) is 0.915. The smallest absolute Gasteiger partial charge is 0.330 e. The van der Waals surface area contributed by atoms with Crippen LogP contribution in [-0.4, -0.2) is 12.6 Å². The topological polar surface area (TPSA) is 26.3 Å². The number of hydrogen-bond acceptors (Lipinski definition) is 2. The fraction of sp³-hybridized carbons (Fsp3) is 0.308. The maximum absolute atomic E-state index is 10.1. The molecule has 0 radical (unpaired) electrons. The fourth-order valence-corrected chi connectivity index (χ4v) is 0.915. The van der Waals surface area contributed by atoms with Gasteiger partial charge in [0.2, 0.25) is 0 Å². The molecule has 0 atom stereocenters. The summed E-state index contributed by atoms with van der Waals surface area (Å²) in [6.45, 7) is 7.54. The molecule has 0 saturated heterocycles. The number of carbonyl (C=O) groups is 1. The monoisotopic (exact) mass is 206 g/mol. The molecule has 1 rings (SSSR count). The second-order valence-electron chi connectivity index (χ2n) is 2.80. The molecule has 0 saturated carbocycles. The number of hydrogen-bond donors (Lipinski definition) is 0. The van der Waals surface area contributed by atoms with Gasteiger partial charge in [-0.2, -0.15) is 0 Å². The van der Waals surface area contributed by atoms with Crippen LogP contribution in [0.3, 0.4) is 0 Å². The average Bonchev–Trinajstić information content (AvgIpc) is 2.31. The van der Waals surface area contributed by atoms with E-state index in [2.05, 4.69) is 42.5 Å². The molecule has 2 heteroatoms. The Hall–Kier alpha value is -1.57. The Morgan fingerprint density at radius 1 is 1.33 bits per heavy atom. The Balaban J connectivity index is 0.000000265. The summed E-state index contributed by atoms with van der Waals surface area (Å²) in [5.41, 5.74) is 1.41. The summed E-state index contributed by atoms with van der Waals surface area (Å²) >= 11 is 0. The van der Waals surface area contributed by atoms with Crippen molar-refractivity contribution in [1.29, 1.82) is 0 Å². The lowest BCUT2D eigenvalue weighted by Gasteiger charge is -1.90. The lowest BCUT2D eigenvalue weighted by atomic mass is 10.2. The maximum Gasteiger partial charge on any atom is 0.330 e. The van der Waals surface area contributed by atoms with Crippen molar-refractivity contribution in [2.24, 2.45) is 0 Å². The van der Waals surface area contributed by atoms with Gasteiger partial charge in [0.1, 0.15) is 0 Å². The molecule has 0 aliphatic carbocycles. The molecular weight excluding hydrogens is 188 g/mol. The Bertz CT molecular complexity index is 278. The van der Waals surface area contributed by atoms with Crippen molar-refractivity contribution in [2.75, 3.05) is 6.61 Å². The standard InChI is InChI=1S/C8H10.C5H8O2/c1-2-8-6-4-3-5-7-8;1-3-5(6)7-4-2/h3-7H,2H2,1H3;3H,1,4H2,2H3. The van der Waals surface area contributed by atoms with Gasteiger partial charge in [0, 0.05) is 6.08 Å². The molecule has 2 nitrogen and oxygen atoms in total. The molecule has 15 heavy (non-hydrogen) atoms. The van der Waals surface area contributed by atoms with E-state index in [-0.39, 0.29) is 5.97 Å². The van der Waals surface area contributed by atoms with Gasteiger partial charge in [-0.1, -0.05) is 43.8 Å². The van der Waals surface area contributed by atoms with Gasteiger partial charge in [0.25, 0.3) is 0 Å². The molecule has 0 aliphatic heterocycles. The van der Waals surface area contributed by atoms with Gasteiger partial charge in [-0.25, -0.2) is 4.79 Å². The highest BCUT2D eigenvalue weighted by molar-refractivity contribution is 5.81. The highest BCUT2D eigenvalue weighted by Gasteiger charge is 1.86. The first kappa shape index (κ1) is 13.4. The number of esters is 1. The predicted molar refractivity (Wildman–Crippen MR) is 62.7 cm³/mol. The third-order valence-electron chi connectivity index (χ3n) is 1.70. The zero-order valence-electron chi connectivity index (χ0n) is 9.40. The van der Waals surface area contributed by atoms with Gasteiger partial charge in [-0.3, -0.25) is 0 Å². The van der Waals surface area contributed by atoms with Crippen molar-refractivity contribution in [1.82, 2.24) is 0 Å². The Labute approximate surface area is 91.6 Å². The van der Waals surface area contributed by atoms with Crippen LogP contribution in [0.4, 0.5) is 0 Å². The summed E-state index contributed by atoms with van der Waals surface area (Å²) in [6.07, 6.45) is 2.28. The van der Waals surface area contributed by atoms with Crippen molar-refractivity contribution in [2.45, 2.75) is 20.3 Å². The quantitative estimate of drug-likeness (QED) is 0.561. The SMILES string of the molecule is C=CC(=O)OCC.CCc1ccccc1. The predicted octanol–water partition coefficient (Wildman–Crippen LogP) is 2.98. The minimum absolute atomic E-state index is 0.359. The molecule has 82 valence electrons. The summed E-state index contributed by atoms with van der Waals surface area (Å²) in [6, 6.07) is 10.5. The van der Waals surface area contributed by atoms with E-state index in [1.807, 2.05) is 6.07 Å². The first-order valence-electron chi connectivity index (χ1n) is 5.07. The molecule has 0 bridgehead atoms. The Kier molecular flexibility index (Phi) is 8.06. The van der Waals surface area contributed by atoms with Gasteiger partial charge in [0.15, 0.2) is 0 Å². The zero-order chi connectivity index (χ0) is 11.5. The lowest BCUT2D eigenvalue weighted by molar-refractivity contribution is -0.137. The van der Waals surface area contributed by atoms with E-state index in [1.54, 1.807) is 6.92 Å². The third kappa shape index (κ3) is 7.50. The molecule has 0 amide bonds. The Morgan fingerprint density at radius 2 is 1.93 bits per heavy atom. The number of rotatable bonds is 3. The number of aryl methyl sites for hydroxylation is 1. The summed E-state index contributed by atoms with van der Waals surface area (Å²) in [4.78, 5) is 10.1. The number of benzene rings is 1. The first-order valence-corrected chi connectivity index (χ1v) is 5.07. The van der Waals surface area contributed by atoms with Crippen LogP contribution in [0, 0.1) is 0 Å². The van der Waals surface area contributed by atoms with E-state index in [1.165, 1.54) is 5.56 Å². The largest absolute Gasteiger partial charge is 0.463 e. The van der Waals surface area contributed by atoms with E-state index in [4.69, 9.17) is 0 Å². The van der Waals surface area contributed by atoms with Crippen molar-refractivity contribution >= 4 is 5.97 Å². The minimum atomic E-state index is -0.359. The van der Waals surface area contributed by atoms with Gasteiger partial charge in [0.05, 0.1) is 6.61 Å². The van der Waals surface area contributed by atoms with Crippen molar-refractivity contribution in [3.05, 3.63) is 48.6 Å². The molecule has 1 aromatic rings. The molecule has 0 aromatic heterocycles. The second-order valence-corrected chi connectivity index (χ2v) is 2.80. The molecule has 1 aromatic carbocycles. The Morgan fingerprint density at radius 3 is 2.20 bits per heavy atom. The van der Waals surface area contributed by atoms with Crippen LogP contribution in [0.15, 0.2) is 43.0 Å². The third-order valence-corrected chi connectivity index (χ3v) is 1.70. The van der Waals surface area contributed by atoms with E-state index >= 15 is 0 Å². The van der Waals surface area contributed by atoms with Gasteiger partial charge in [-0.05, 0) is 18.9 Å². The molecule has 0 spiro atoms. The minimum Gasteiger partial charge on any atom is -0.463 e. The summed E-state index contributed by atoms with van der Waals surface area (Å²) in [5, 5.41) is 0. The maximum atomic E-state index is 10.1. The highest BCUT2D eigenvalue weighted by Crippen LogP contribution is 1.96. The van der Waals surface area contributed by atoms with Crippen LogP contribution in [0.1, 0.15) is 19.4 Å². The van der Waals surface area contributed by atoms with Gasteiger partial charge >= 0.3 is 5.97 Å². The van der Waals surface area contributed by atoms with Crippen molar-refractivity contribution in [3.8, 4) is 0 Å². The van der Waals surface area contributed by atoms with Crippen molar-refractivity contribution in [3.63, 3.8) is 0 Å². The van der Waals surface area contributed by atoms with E-state index in [0.29, 0.717) is 6.61 Å². The number of ether oxygens (including phenoxy) is 1. The van der Waals surface area contributed by atoms with E-state index in [0.717, 1.165) is 12.5 Å². The normalized spacial score (nSPS) is 8.40. The molecule has 0 unspecified atom stereocenters. The van der Waals surface area contributed by atoms with Crippen LogP contribution >= 0.6 is 0 Å². The van der Waals surface area contributed by atoms with Crippen LogP contribution in [0.2, 0.25) is 0 Å².